The van der Waals surface area contributed by atoms with Crippen LogP contribution in [0, 0.1) is 0 Å². The Morgan fingerprint density at radius 2 is 2.40 bits per heavy atom. The summed E-state index contributed by atoms with van der Waals surface area (Å²) < 4.78 is 0. The largest absolute Gasteiger partial charge is 0.336 e. The Morgan fingerprint density at radius 1 is 1.70 bits per heavy atom. The molecule has 0 aromatic heterocycles. The van der Waals surface area contributed by atoms with Gasteiger partial charge in [0.15, 0.2) is 0 Å². The molecule has 4 nitrogen and oxygen atoms in total. The zero-order valence-corrected chi connectivity index (χ0v) is 7.35. The quantitative estimate of drug-likeness (QED) is 0.190. The minimum absolute atomic E-state index is 0.332. The lowest BCUT2D eigenvalue weighted by molar-refractivity contribution is 0.242. The molecule has 60 valence electrons. The number of hydrogen-bond acceptors (Lipinski definition) is 4. The summed E-state index contributed by atoms with van der Waals surface area (Å²) in [6.07, 6.45) is 1.99. The molecule has 0 bridgehead atoms. The van der Waals surface area contributed by atoms with Crippen LogP contribution in [0.3, 0.4) is 0 Å². The molecule has 4 N–H and O–H groups in total. The summed E-state index contributed by atoms with van der Waals surface area (Å²) in [7, 11) is 3.37. The third-order valence-corrected chi connectivity index (χ3v) is 2.53. The molecule has 0 spiro atoms. The van der Waals surface area contributed by atoms with Gasteiger partial charge in [-0.15, -0.1) is 0 Å². The highest BCUT2D eigenvalue weighted by Gasteiger charge is 1.92. The van der Waals surface area contributed by atoms with E-state index in [2.05, 4.69) is 5.32 Å². The Balaban J connectivity index is 2.96. The minimum Gasteiger partial charge on any atom is -0.336 e. The van der Waals surface area contributed by atoms with Crippen molar-refractivity contribution in [2.45, 2.75) is 0 Å². The standard InChI is InChI=1S/C4H11N3OS2/c1-9-10-3-2-6-4(8)7-5/h2-3,5H2,1H3,(H2,6,7,8). The molecule has 0 saturated carbocycles. The summed E-state index contributed by atoms with van der Waals surface area (Å²) in [5.41, 5.74) is 1.98. The average Bonchev–Trinajstić information content (AvgIpc) is 1.98. The lowest BCUT2D eigenvalue weighted by atomic mass is 10.7. The normalized spacial score (nSPS) is 9.00. The van der Waals surface area contributed by atoms with Crippen LogP contribution in [-0.2, 0) is 0 Å². The molecule has 0 aromatic carbocycles. The first kappa shape index (κ1) is 9.93. The van der Waals surface area contributed by atoms with E-state index in [-0.39, 0.29) is 6.03 Å². The van der Waals surface area contributed by atoms with Gasteiger partial charge < -0.3 is 5.32 Å². The fraction of sp³-hybridized carbons (Fsp3) is 0.750. The summed E-state index contributed by atoms with van der Waals surface area (Å²) in [4.78, 5) is 10.4. The molecule has 10 heavy (non-hydrogen) atoms. The molecule has 0 aliphatic carbocycles. The second-order valence-electron chi connectivity index (χ2n) is 1.39. The van der Waals surface area contributed by atoms with Crippen LogP contribution in [0.15, 0.2) is 0 Å². The van der Waals surface area contributed by atoms with E-state index in [0.29, 0.717) is 6.54 Å². The molecule has 0 saturated heterocycles. The smallest absolute Gasteiger partial charge is 0.328 e. The first-order valence-electron chi connectivity index (χ1n) is 2.71. The van der Waals surface area contributed by atoms with Crippen molar-refractivity contribution in [3.05, 3.63) is 0 Å². The number of rotatable bonds is 4. The van der Waals surface area contributed by atoms with Gasteiger partial charge >= 0.3 is 6.03 Å². The van der Waals surface area contributed by atoms with E-state index in [1.54, 1.807) is 21.6 Å². The van der Waals surface area contributed by atoms with Crippen molar-refractivity contribution in [2.24, 2.45) is 5.84 Å². The van der Waals surface area contributed by atoms with Crippen LogP contribution < -0.4 is 16.6 Å². The Morgan fingerprint density at radius 3 is 2.90 bits per heavy atom. The van der Waals surface area contributed by atoms with Crippen molar-refractivity contribution in [3.63, 3.8) is 0 Å². The summed E-state index contributed by atoms with van der Waals surface area (Å²) >= 11 is 0. The third kappa shape index (κ3) is 6.06. The molecule has 2 amide bonds. The van der Waals surface area contributed by atoms with Gasteiger partial charge in [-0.05, 0) is 6.26 Å². The molecule has 6 heteroatoms. The maximum Gasteiger partial charge on any atom is 0.328 e. The number of carbonyl (C=O) groups is 1. The molecular weight excluding hydrogens is 170 g/mol. The molecule has 0 unspecified atom stereocenters. The highest BCUT2D eigenvalue weighted by Crippen LogP contribution is 2.14. The fourth-order valence-corrected chi connectivity index (χ4v) is 1.44. The SMILES string of the molecule is CSSCCNC(=O)NN. The van der Waals surface area contributed by atoms with Crippen LogP contribution in [0.4, 0.5) is 4.79 Å². The molecule has 0 aliphatic rings. The number of hydrazine groups is 1. The predicted octanol–water partition coefficient (Wildman–Crippen LogP) is 0.171. The monoisotopic (exact) mass is 181 g/mol. The van der Waals surface area contributed by atoms with E-state index in [1.807, 2.05) is 11.7 Å². The topological polar surface area (TPSA) is 67.2 Å². The summed E-state index contributed by atoms with van der Waals surface area (Å²) in [6.45, 7) is 0.647. The van der Waals surface area contributed by atoms with Crippen molar-refractivity contribution in [1.29, 1.82) is 0 Å². The zero-order chi connectivity index (χ0) is 7.82. The van der Waals surface area contributed by atoms with Crippen molar-refractivity contribution < 1.29 is 4.79 Å². The lowest BCUT2D eigenvalue weighted by Gasteiger charge is -2.01. The second kappa shape index (κ2) is 7.04. The second-order valence-corrected chi connectivity index (χ2v) is 4.07. The van der Waals surface area contributed by atoms with Gasteiger partial charge in [0.05, 0.1) is 0 Å². The van der Waals surface area contributed by atoms with Gasteiger partial charge in [0.1, 0.15) is 0 Å². The Kier molecular flexibility index (Phi) is 6.99. The zero-order valence-electron chi connectivity index (χ0n) is 5.72. The first-order valence-corrected chi connectivity index (χ1v) is 5.44. The number of hydrogen-bond donors (Lipinski definition) is 3. The first-order chi connectivity index (χ1) is 4.81. The summed E-state index contributed by atoms with van der Waals surface area (Å²) in [5, 5.41) is 2.56. The highest BCUT2D eigenvalue weighted by molar-refractivity contribution is 8.76. The van der Waals surface area contributed by atoms with Crippen LogP contribution in [-0.4, -0.2) is 24.6 Å². The summed E-state index contributed by atoms with van der Waals surface area (Å²) in [5.74, 6) is 5.71. The van der Waals surface area contributed by atoms with Gasteiger partial charge in [-0.2, -0.15) is 0 Å². The van der Waals surface area contributed by atoms with Gasteiger partial charge in [-0.3, -0.25) is 5.43 Å². The van der Waals surface area contributed by atoms with Crippen molar-refractivity contribution in [2.75, 3.05) is 18.6 Å². The van der Waals surface area contributed by atoms with E-state index in [4.69, 9.17) is 5.84 Å². The molecule has 0 rings (SSSR count). The lowest BCUT2D eigenvalue weighted by Crippen LogP contribution is -2.40. The van der Waals surface area contributed by atoms with Crippen molar-refractivity contribution >= 4 is 27.6 Å². The van der Waals surface area contributed by atoms with Crippen LogP contribution >= 0.6 is 21.6 Å². The molecule has 0 atom stereocenters. The van der Waals surface area contributed by atoms with Crippen LogP contribution in [0.2, 0.25) is 0 Å². The minimum atomic E-state index is -0.332. The molecular formula is C4H11N3OS2. The van der Waals surface area contributed by atoms with E-state index < -0.39 is 0 Å². The van der Waals surface area contributed by atoms with E-state index in [9.17, 15) is 4.79 Å². The molecule has 0 fully saturated rings. The number of urea groups is 1. The van der Waals surface area contributed by atoms with Gasteiger partial charge in [0.2, 0.25) is 0 Å². The van der Waals surface area contributed by atoms with E-state index in [1.165, 1.54) is 0 Å². The number of amides is 2. The molecule has 0 heterocycles. The van der Waals surface area contributed by atoms with Gasteiger partial charge in [0.25, 0.3) is 0 Å². The average molecular weight is 181 g/mol. The molecule has 0 radical (unpaired) electrons. The highest BCUT2D eigenvalue weighted by atomic mass is 33.1. The van der Waals surface area contributed by atoms with Crippen molar-refractivity contribution in [3.8, 4) is 0 Å². The number of nitrogens with one attached hydrogen (secondary N) is 2. The third-order valence-electron chi connectivity index (χ3n) is 0.720. The van der Waals surface area contributed by atoms with Gasteiger partial charge in [-0.25, -0.2) is 10.6 Å². The van der Waals surface area contributed by atoms with Gasteiger partial charge in [-0.1, -0.05) is 21.6 Å². The van der Waals surface area contributed by atoms with Crippen molar-refractivity contribution in [1.82, 2.24) is 10.7 Å². The van der Waals surface area contributed by atoms with Crippen LogP contribution in [0.1, 0.15) is 0 Å². The van der Waals surface area contributed by atoms with E-state index >= 15 is 0 Å². The molecule has 0 aliphatic heterocycles. The maximum atomic E-state index is 10.4. The number of nitrogens with two attached hydrogens (primary N) is 1. The fourth-order valence-electron chi connectivity index (χ4n) is 0.341. The number of carbonyl (C=O) groups excluding carboxylic acids is 1. The van der Waals surface area contributed by atoms with Crippen LogP contribution in [0.5, 0.6) is 0 Å². The Labute approximate surface area is 68.1 Å². The molecule has 0 aromatic rings. The summed E-state index contributed by atoms with van der Waals surface area (Å²) in [6, 6.07) is -0.332. The van der Waals surface area contributed by atoms with E-state index in [0.717, 1.165) is 5.75 Å². The predicted molar refractivity (Wildman–Crippen MR) is 46.7 cm³/mol. The maximum absolute atomic E-state index is 10.4. The van der Waals surface area contributed by atoms with Crippen LogP contribution in [0.25, 0.3) is 0 Å². The Bertz CT molecular complexity index is 101. The Hall–Kier alpha value is -0.0700. The van der Waals surface area contributed by atoms with Gasteiger partial charge in [0, 0.05) is 12.3 Å².